The van der Waals surface area contributed by atoms with Crippen molar-refractivity contribution in [1.29, 1.82) is 0 Å². The Kier molecular flexibility index (Phi) is 7.44. The summed E-state index contributed by atoms with van der Waals surface area (Å²) in [4.78, 5) is 32.5. The van der Waals surface area contributed by atoms with Crippen molar-refractivity contribution in [3.63, 3.8) is 0 Å². The summed E-state index contributed by atoms with van der Waals surface area (Å²) in [5.41, 5.74) is 2.19. The molecule has 0 aliphatic carbocycles. The van der Waals surface area contributed by atoms with Crippen LogP contribution in [-0.4, -0.2) is 68.3 Å². The molecule has 0 bridgehead atoms. The van der Waals surface area contributed by atoms with Crippen molar-refractivity contribution in [3.05, 3.63) is 47.5 Å². The van der Waals surface area contributed by atoms with Gasteiger partial charge in [-0.15, -0.1) is 24.2 Å². The molecule has 0 atom stereocenters. The Morgan fingerprint density at radius 3 is 2.47 bits per heavy atom. The highest BCUT2D eigenvalue weighted by Crippen LogP contribution is 2.22. The van der Waals surface area contributed by atoms with E-state index < -0.39 is 0 Å². The lowest BCUT2D eigenvalue weighted by molar-refractivity contribution is -0.135. The number of hydrogen-bond donors (Lipinski definition) is 0. The second-order valence-corrected chi connectivity index (χ2v) is 8.74. The number of hydrogen-bond acceptors (Lipinski definition) is 5. The fourth-order valence-corrected chi connectivity index (χ4v) is 4.67. The normalized spacial score (nSPS) is 16.5. The zero-order chi connectivity index (χ0) is 20.4. The van der Waals surface area contributed by atoms with Crippen molar-refractivity contribution < 1.29 is 9.59 Å². The average Bonchev–Trinajstić information content (AvgIpc) is 3.26. The first-order valence-electron chi connectivity index (χ1n) is 10.1. The zero-order valence-corrected chi connectivity index (χ0v) is 19.0. The summed E-state index contributed by atoms with van der Waals surface area (Å²) in [6.07, 6.45) is 3.23. The number of carbonyl (C=O) groups excluding carboxylic acids is 2. The largest absolute Gasteiger partial charge is 0.344 e. The van der Waals surface area contributed by atoms with Gasteiger partial charge in [-0.05, 0) is 38.2 Å². The molecule has 2 aliphatic heterocycles. The number of aryl methyl sites for hydroxylation is 2. The number of nitrogens with zero attached hydrogens (tertiary/aromatic N) is 5. The highest BCUT2D eigenvalue weighted by molar-refractivity contribution is 7.99. The monoisotopic (exact) mass is 449 g/mol. The fourth-order valence-electron chi connectivity index (χ4n) is 3.81. The van der Waals surface area contributed by atoms with Crippen molar-refractivity contribution >= 4 is 36.1 Å². The maximum atomic E-state index is 12.6. The molecule has 1 aromatic heterocycles. The molecule has 2 amide bonds. The van der Waals surface area contributed by atoms with Gasteiger partial charge in [0.05, 0.1) is 18.4 Å². The Morgan fingerprint density at radius 1 is 1.10 bits per heavy atom. The van der Waals surface area contributed by atoms with Gasteiger partial charge in [-0.25, -0.2) is 19.4 Å². The third kappa shape index (κ3) is 4.82. The van der Waals surface area contributed by atoms with Crippen LogP contribution in [0.3, 0.4) is 0 Å². The summed E-state index contributed by atoms with van der Waals surface area (Å²) in [6.45, 7) is 7.20. The van der Waals surface area contributed by atoms with Gasteiger partial charge in [-0.2, -0.15) is 0 Å². The number of amides is 2. The molecule has 0 spiro atoms. The van der Waals surface area contributed by atoms with Gasteiger partial charge in [0.15, 0.2) is 0 Å². The summed E-state index contributed by atoms with van der Waals surface area (Å²) in [6, 6.07) is 8.46. The first-order valence-corrected chi connectivity index (χ1v) is 11.1. The molecule has 4 rings (SSSR count). The van der Waals surface area contributed by atoms with Crippen LogP contribution in [-0.2, 0) is 11.3 Å². The van der Waals surface area contributed by atoms with Crippen LogP contribution in [0.5, 0.6) is 0 Å². The lowest BCUT2D eigenvalue weighted by atomic mass is 10.2. The summed E-state index contributed by atoms with van der Waals surface area (Å²) < 4.78 is 1.67. The van der Waals surface area contributed by atoms with Crippen molar-refractivity contribution in [2.45, 2.75) is 38.1 Å². The maximum Gasteiger partial charge on any atom is 0.344 e. The van der Waals surface area contributed by atoms with Gasteiger partial charge in [0.25, 0.3) is 0 Å². The standard InChI is InChI=1S/C21H27N5O2S.ClH/c1-16-5-7-19(8-6-16)29-13-3-4-20(27)23-9-11-24(12-10-23)25-15-18-14-22-17(2)26(18)21(25)28;/h5-8,14H,3-4,9-13,15H2,1-2H3;1H. The number of aromatic nitrogens is 2. The second kappa shape index (κ2) is 9.85. The van der Waals surface area contributed by atoms with E-state index in [1.807, 2.05) is 11.8 Å². The van der Waals surface area contributed by atoms with Crippen molar-refractivity contribution in [3.8, 4) is 0 Å². The van der Waals surface area contributed by atoms with E-state index in [1.54, 1.807) is 27.5 Å². The SMILES string of the molecule is Cc1ccc(SCCCC(=O)N2CCN(N3Cc4cnc(C)n4C3=O)CC2)cc1.Cl. The highest BCUT2D eigenvalue weighted by atomic mass is 35.5. The van der Waals surface area contributed by atoms with Gasteiger partial charge in [0.2, 0.25) is 5.91 Å². The fraction of sp³-hybridized carbons (Fsp3) is 0.476. The predicted molar refractivity (Wildman–Crippen MR) is 120 cm³/mol. The predicted octanol–water partition coefficient (Wildman–Crippen LogP) is 3.34. The summed E-state index contributed by atoms with van der Waals surface area (Å²) in [5.74, 6) is 1.89. The zero-order valence-electron chi connectivity index (χ0n) is 17.4. The quantitative estimate of drug-likeness (QED) is 0.500. The molecular weight excluding hydrogens is 422 g/mol. The van der Waals surface area contributed by atoms with E-state index in [9.17, 15) is 9.59 Å². The second-order valence-electron chi connectivity index (χ2n) is 7.57. The maximum absolute atomic E-state index is 12.6. The minimum absolute atomic E-state index is 0. The molecule has 2 aliphatic rings. The van der Waals surface area contributed by atoms with Gasteiger partial charge in [-0.1, -0.05) is 17.7 Å². The Morgan fingerprint density at radius 2 is 1.80 bits per heavy atom. The van der Waals surface area contributed by atoms with Crippen LogP contribution in [0.2, 0.25) is 0 Å². The molecule has 162 valence electrons. The lowest BCUT2D eigenvalue weighted by Gasteiger charge is -2.38. The van der Waals surface area contributed by atoms with Crippen LogP contribution in [0.1, 0.15) is 29.9 Å². The number of piperazine rings is 1. The Labute approximate surface area is 187 Å². The van der Waals surface area contributed by atoms with E-state index in [2.05, 4.69) is 41.2 Å². The number of carbonyl (C=O) groups is 2. The van der Waals surface area contributed by atoms with Crippen LogP contribution in [0.25, 0.3) is 0 Å². The molecule has 0 unspecified atom stereocenters. The molecule has 0 N–H and O–H groups in total. The van der Waals surface area contributed by atoms with Crippen LogP contribution < -0.4 is 0 Å². The first kappa shape index (κ1) is 22.7. The molecular formula is C21H28ClN5O2S. The van der Waals surface area contributed by atoms with Crippen molar-refractivity contribution in [2.24, 2.45) is 0 Å². The van der Waals surface area contributed by atoms with Gasteiger partial charge >= 0.3 is 6.03 Å². The van der Waals surface area contributed by atoms with E-state index in [0.29, 0.717) is 39.1 Å². The molecule has 1 fully saturated rings. The number of imidazole rings is 1. The minimum Gasteiger partial charge on any atom is -0.340 e. The number of halogens is 1. The third-order valence-electron chi connectivity index (χ3n) is 5.51. The summed E-state index contributed by atoms with van der Waals surface area (Å²) in [7, 11) is 0. The van der Waals surface area contributed by atoms with Gasteiger partial charge < -0.3 is 4.90 Å². The van der Waals surface area contributed by atoms with Crippen molar-refractivity contribution in [1.82, 2.24) is 24.5 Å². The van der Waals surface area contributed by atoms with E-state index >= 15 is 0 Å². The van der Waals surface area contributed by atoms with Crippen LogP contribution in [0, 0.1) is 13.8 Å². The summed E-state index contributed by atoms with van der Waals surface area (Å²) in [5, 5.41) is 3.84. The molecule has 30 heavy (non-hydrogen) atoms. The number of fused-ring (bicyclic) bond motifs is 1. The molecule has 3 heterocycles. The minimum atomic E-state index is -0.0390. The van der Waals surface area contributed by atoms with Gasteiger partial charge in [0, 0.05) is 37.5 Å². The lowest BCUT2D eigenvalue weighted by Crippen LogP contribution is -2.55. The van der Waals surface area contributed by atoms with Crippen LogP contribution in [0.4, 0.5) is 4.79 Å². The number of hydrazine groups is 1. The smallest absolute Gasteiger partial charge is 0.340 e. The van der Waals surface area contributed by atoms with E-state index in [4.69, 9.17) is 0 Å². The third-order valence-corrected chi connectivity index (χ3v) is 6.61. The molecule has 9 heteroatoms. The van der Waals surface area contributed by atoms with E-state index in [0.717, 1.165) is 23.7 Å². The highest BCUT2D eigenvalue weighted by Gasteiger charge is 2.35. The molecule has 7 nitrogen and oxygen atoms in total. The van der Waals surface area contributed by atoms with Crippen molar-refractivity contribution in [2.75, 3.05) is 31.9 Å². The Bertz CT molecular complexity index is 893. The Balaban J connectivity index is 0.00000256. The van der Waals surface area contributed by atoms with E-state index in [-0.39, 0.29) is 24.3 Å². The van der Waals surface area contributed by atoms with Gasteiger partial charge in [0.1, 0.15) is 5.82 Å². The molecule has 1 aromatic carbocycles. The first-order chi connectivity index (χ1) is 14.0. The van der Waals surface area contributed by atoms with E-state index in [1.165, 1.54) is 10.5 Å². The topological polar surface area (TPSA) is 61.7 Å². The van der Waals surface area contributed by atoms with Gasteiger partial charge in [-0.3, -0.25) is 9.80 Å². The molecule has 0 radical (unpaired) electrons. The molecule has 1 saturated heterocycles. The number of benzene rings is 1. The van der Waals surface area contributed by atoms with Crippen LogP contribution >= 0.6 is 24.2 Å². The number of rotatable bonds is 6. The summed E-state index contributed by atoms with van der Waals surface area (Å²) >= 11 is 1.80. The molecule has 2 aromatic rings. The number of thioether (sulfide) groups is 1. The average molecular weight is 450 g/mol. The molecule has 0 saturated carbocycles. The van der Waals surface area contributed by atoms with Crippen LogP contribution in [0.15, 0.2) is 35.4 Å². The Hall–Kier alpha value is -2.03.